The van der Waals surface area contributed by atoms with E-state index in [0.29, 0.717) is 49.0 Å². The molecule has 9 nitrogen and oxygen atoms in total. The van der Waals surface area contributed by atoms with Gasteiger partial charge in [-0.05, 0) is 99.4 Å². The normalized spacial score (nSPS) is 19.4. The van der Waals surface area contributed by atoms with Gasteiger partial charge in [0.2, 0.25) is 5.91 Å². The molecule has 0 bridgehead atoms. The molecule has 0 radical (unpaired) electrons. The van der Waals surface area contributed by atoms with Crippen molar-refractivity contribution in [3.63, 3.8) is 0 Å². The molecule has 2 aliphatic heterocycles. The molecule has 3 aromatic carbocycles. The van der Waals surface area contributed by atoms with Crippen LogP contribution < -0.4 is 14.5 Å². The van der Waals surface area contributed by atoms with Gasteiger partial charge in [0.15, 0.2) is 6.61 Å². The number of carbonyl (C=O) groups is 3. The molecule has 1 aliphatic carbocycles. The predicted molar refractivity (Wildman–Crippen MR) is 187 cm³/mol. The Morgan fingerprint density at radius 3 is 2.46 bits per heavy atom. The van der Waals surface area contributed by atoms with Gasteiger partial charge in [0.1, 0.15) is 11.4 Å². The van der Waals surface area contributed by atoms with Crippen molar-refractivity contribution in [2.45, 2.75) is 64.0 Å². The van der Waals surface area contributed by atoms with Crippen LogP contribution in [0.15, 0.2) is 66.7 Å². The van der Waals surface area contributed by atoms with Crippen LogP contribution in [0.4, 0.5) is 16.2 Å². The number of hydrogen-bond acceptors (Lipinski definition) is 6. The Morgan fingerprint density at radius 2 is 1.75 bits per heavy atom. The number of ether oxygens (including phenoxy) is 3. The molecule has 254 valence electrons. The van der Waals surface area contributed by atoms with Gasteiger partial charge in [0.05, 0.1) is 11.6 Å². The summed E-state index contributed by atoms with van der Waals surface area (Å²) in [5, 5.41) is 0.658. The number of halogens is 1. The van der Waals surface area contributed by atoms with Gasteiger partial charge >= 0.3 is 6.09 Å². The zero-order valence-corrected chi connectivity index (χ0v) is 28.9. The first-order valence-electron chi connectivity index (χ1n) is 16.8. The zero-order chi connectivity index (χ0) is 34.0. The molecule has 2 fully saturated rings. The van der Waals surface area contributed by atoms with Gasteiger partial charge in [-0.15, -0.1) is 0 Å². The third-order valence-electron chi connectivity index (χ3n) is 9.10. The lowest BCUT2D eigenvalue weighted by molar-refractivity contribution is -0.124. The van der Waals surface area contributed by atoms with Crippen molar-refractivity contribution >= 4 is 40.9 Å². The lowest BCUT2D eigenvalue weighted by Crippen LogP contribution is -2.51. The number of anilines is 2. The van der Waals surface area contributed by atoms with Crippen LogP contribution in [-0.4, -0.2) is 74.4 Å². The fourth-order valence-corrected chi connectivity index (χ4v) is 6.88. The Kier molecular flexibility index (Phi) is 9.99. The summed E-state index contributed by atoms with van der Waals surface area (Å²) in [6, 6.07) is 21.7. The van der Waals surface area contributed by atoms with Crippen molar-refractivity contribution in [2.75, 3.05) is 49.8 Å². The molecule has 0 N–H and O–H groups in total. The number of hydrogen-bond donors (Lipinski definition) is 0. The van der Waals surface area contributed by atoms with Gasteiger partial charge in [-0.1, -0.05) is 48.0 Å². The third-order valence-corrected chi connectivity index (χ3v) is 9.33. The first kappa shape index (κ1) is 33.8. The molecule has 1 saturated heterocycles. The van der Waals surface area contributed by atoms with Crippen LogP contribution >= 0.6 is 11.6 Å². The largest absolute Gasteiger partial charge is 0.482 e. The van der Waals surface area contributed by atoms with Gasteiger partial charge in [-0.3, -0.25) is 9.59 Å². The second-order valence-electron chi connectivity index (χ2n) is 13.8. The van der Waals surface area contributed by atoms with E-state index in [9.17, 15) is 14.4 Å². The van der Waals surface area contributed by atoms with Crippen molar-refractivity contribution < 1.29 is 28.6 Å². The van der Waals surface area contributed by atoms with Crippen LogP contribution in [0.2, 0.25) is 5.02 Å². The second kappa shape index (κ2) is 14.2. The maximum Gasteiger partial charge on any atom is 0.410 e. The van der Waals surface area contributed by atoms with E-state index in [1.807, 2.05) is 80.3 Å². The fourth-order valence-electron chi connectivity index (χ4n) is 6.69. The number of likely N-dealkylation sites (tertiary alicyclic amines) is 1. The van der Waals surface area contributed by atoms with Gasteiger partial charge in [0, 0.05) is 50.1 Å². The van der Waals surface area contributed by atoms with E-state index in [0.717, 1.165) is 35.2 Å². The highest BCUT2D eigenvalue weighted by Crippen LogP contribution is 2.43. The zero-order valence-electron chi connectivity index (χ0n) is 28.1. The summed E-state index contributed by atoms with van der Waals surface area (Å²) in [7, 11) is 1.64. The van der Waals surface area contributed by atoms with Crippen LogP contribution in [0.1, 0.15) is 57.9 Å². The van der Waals surface area contributed by atoms with E-state index in [1.54, 1.807) is 16.9 Å². The van der Waals surface area contributed by atoms with Crippen molar-refractivity contribution in [1.82, 2.24) is 4.90 Å². The molecular formula is C38H44ClN3O6. The van der Waals surface area contributed by atoms with Gasteiger partial charge in [-0.25, -0.2) is 4.79 Å². The average Bonchev–Trinajstić information content (AvgIpc) is 3.90. The second-order valence-corrected chi connectivity index (χ2v) is 14.3. The minimum absolute atomic E-state index is 0.0247. The molecular weight excluding hydrogens is 630 g/mol. The van der Waals surface area contributed by atoms with Crippen LogP contribution in [0, 0.1) is 5.92 Å². The van der Waals surface area contributed by atoms with Crippen molar-refractivity contribution in [2.24, 2.45) is 5.92 Å². The maximum atomic E-state index is 14.9. The van der Waals surface area contributed by atoms with Crippen LogP contribution in [0.5, 0.6) is 5.75 Å². The van der Waals surface area contributed by atoms with E-state index >= 15 is 0 Å². The molecule has 1 unspecified atom stereocenters. The Bertz CT molecular complexity index is 1670. The van der Waals surface area contributed by atoms with Crippen molar-refractivity contribution in [1.29, 1.82) is 0 Å². The summed E-state index contributed by atoms with van der Waals surface area (Å²) in [6.07, 6.45) is 2.63. The monoisotopic (exact) mass is 673 g/mol. The molecule has 2 heterocycles. The van der Waals surface area contributed by atoms with Crippen LogP contribution in [-0.2, 0) is 19.1 Å². The number of methoxy groups -OCH3 is 1. The lowest BCUT2D eigenvalue weighted by Gasteiger charge is -2.41. The highest BCUT2D eigenvalue weighted by atomic mass is 35.5. The SMILES string of the molecule is COCCCN1C(=O)COc2ccc(N(C(=O)C3CN(C(=O)OC(C)(C)C)CC[C@@H]3c3cccc(-c4cccc(Cl)c4)c3)C3CC3)cc21. The van der Waals surface area contributed by atoms with E-state index in [-0.39, 0.29) is 36.9 Å². The Morgan fingerprint density at radius 1 is 1.00 bits per heavy atom. The fraction of sp³-hybridized carbons (Fsp3) is 0.447. The minimum Gasteiger partial charge on any atom is -0.482 e. The molecule has 3 aliphatic rings. The summed E-state index contributed by atoms with van der Waals surface area (Å²) < 4.78 is 16.8. The Hall–Kier alpha value is -4.08. The topological polar surface area (TPSA) is 88.6 Å². The molecule has 48 heavy (non-hydrogen) atoms. The number of piperidine rings is 1. The highest BCUT2D eigenvalue weighted by Gasteiger charge is 2.44. The number of fused-ring (bicyclic) bond motifs is 1. The minimum atomic E-state index is -0.656. The van der Waals surface area contributed by atoms with Gasteiger partial charge < -0.3 is 28.9 Å². The van der Waals surface area contributed by atoms with E-state index in [2.05, 4.69) is 12.1 Å². The molecule has 6 rings (SSSR count). The number of carbonyl (C=O) groups excluding carboxylic acids is 3. The van der Waals surface area contributed by atoms with Crippen molar-refractivity contribution in [3.05, 3.63) is 77.3 Å². The summed E-state index contributed by atoms with van der Waals surface area (Å²) in [5.74, 6) is -0.209. The van der Waals surface area contributed by atoms with E-state index in [1.165, 1.54) is 0 Å². The first-order chi connectivity index (χ1) is 23.0. The Labute approximate surface area is 287 Å². The maximum absolute atomic E-state index is 14.9. The first-order valence-corrected chi connectivity index (χ1v) is 17.1. The summed E-state index contributed by atoms with van der Waals surface area (Å²) >= 11 is 6.33. The number of amides is 3. The lowest BCUT2D eigenvalue weighted by atomic mass is 9.78. The molecule has 1 saturated carbocycles. The quantitative estimate of drug-likeness (QED) is 0.222. The standard InChI is InChI=1S/C38H44ClN3O6/c1-38(2,3)48-37(45)40-18-16-31(27-10-5-8-25(20-27)26-9-6-11-28(39)21-26)32(23-40)36(44)42(29-12-13-29)30-14-15-34-33(22-30)41(17-7-19-46-4)35(43)24-47-34/h5-6,8-11,14-15,20-22,29,31-32H,7,12-13,16-19,23-24H2,1-4H3/t31-,32?/m1/s1. The predicted octanol–water partition coefficient (Wildman–Crippen LogP) is 7.31. The van der Waals surface area contributed by atoms with Crippen molar-refractivity contribution in [3.8, 4) is 16.9 Å². The van der Waals surface area contributed by atoms with E-state index in [4.69, 9.17) is 25.8 Å². The number of benzene rings is 3. The van der Waals surface area contributed by atoms with E-state index < -0.39 is 17.6 Å². The summed E-state index contributed by atoms with van der Waals surface area (Å²) in [6.45, 7) is 7.24. The van der Waals surface area contributed by atoms with Crippen LogP contribution in [0.25, 0.3) is 11.1 Å². The number of rotatable bonds is 9. The number of nitrogens with zero attached hydrogens (tertiary/aromatic N) is 3. The molecule has 3 amide bonds. The molecule has 0 aromatic heterocycles. The van der Waals surface area contributed by atoms with Gasteiger partial charge in [-0.2, -0.15) is 0 Å². The molecule has 0 spiro atoms. The molecule has 3 aromatic rings. The average molecular weight is 674 g/mol. The molecule has 10 heteroatoms. The third kappa shape index (κ3) is 7.63. The smallest absolute Gasteiger partial charge is 0.410 e. The highest BCUT2D eigenvalue weighted by molar-refractivity contribution is 6.30. The van der Waals surface area contributed by atoms with Gasteiger partial charge in [0.25, 0.3) is 5.91 Å². The summed E-state index contributed by atoms with van der Waals surface area (Å²) in [5.41, 5.74) is 3.78. The summed E-state index contributed by atoms with van der Waals surface area (Å²) in [4.78, 5) is 46.5. The molecule has 2 atom stereocenters. The Balaban J connectivity index is 1.35. The van der Waals surface area contributed by atoms with Crippen LogP contribution in [0.3, 0.4) is 0 Å².